The van der Waals surface area contributed by atoms with Crippen LogP contribution in [0.2, 0.25) is 10.0 Å². The van der Waals surface area contributed by atoms with Crippen LogP contribution in [0.25, 0.3) is 0 Å². The Bertz CT molecular complexity index is 2870. The van der Waals surface area contributed by atoms with Gasteiger partial charge in [-0.2, -0.15) is 0 Å². The molecule has 4 N–H and O–H groups in total. The SMILES string of the molecule is COc1cc(C(=O)N2CCC[C@]3(C[C@H]3C#Cc3ccc4c(c3)CN(C3CCC(=O)NC3=O)C4=O)C2)ccc1NC(=O)[C@@H]1N[C@@H](CC(C)(C)C)[C@@]2(CNc3cc(Cl)ccc32)[C@H]1c1cccc(Cl)c1F. The molecule has 12 nitrogen and oxygen atoms in total. The number of ether oxygens (including phenoxy) is 1. The molecule has 4 aromatic rings. The lowest BCUT2D eigenvalue weighted by Gasteiger charge is -2.39. The van der Waals surface area contributed by atoms with Crippen LogP contribution in [-0.2, 0) is 26.3 Å². The number of fused-ring (bicyclic) bond motifs is 3. The number of methoxy groups -OCH3 is 1. The lowest BCUT2D eigenvalue weighted by molar-refractivity contribution is -0.137. The third kappa shape index (κ3) is 8.08. The van der Waals surface area contributed by atoms with Gasteiger partial charge in [-0.1, -0.05) is 74.0 Å². The van der Waals surface area contributed by atoms with Crippen molar-refractivity contribution < 1.29 is 33.1 Å². The van der Waals surface area contributed by atoms with Gasteiger partial charge in [0.25, 0.3) is 11.8 Å². The van der Waals surface area contributed by atoms with Gasteiger partial charge < -0.3 is 30.5 Å². The summed E-state index contributed by atoms with van der Waals surface area (Å²) >= 11 is 12.9. The fourth-order valence-corrected chi connectivity index (χ4v) is 12.1. The maximum absolute atomic E-state index is 16.3. The molecule has 3 saturated heterocycles. The van der Waals surface area contributed by atoms with E-state index in [1.165, 1.54) is 18.1 Å². The van der Waals surface area contributed by atoms with E-state index in [-0.39, 0.29) is 64.4 Å². The summed E-state index contributed by atoms with van der Waals surface area (Å²) in [5.41, 5.74) is 4.01. The lowest BCUT2D eigenvalue weighted by atomic mass is 9.63. The average molecular weight is 960 g/mol. The zero-order chi connectivity index (χ0) is 47.9. The van der Waals surface area contributed by atoms with Crippen molar-refractivity contribution >= 4 is 64.1 Å². The summed E-state index contributed by atoms with van der Waals surface area (Å²) in [7, 11) is 1.49. The van der Waals surface area contributed by atoms with E-state index in [4.69, 9.17) is 27.9 Å². The third-order valence-electron chi connectivity index (χ3n) is 15.1. The highest BCUT2D eigenvalue weighted by atomic mass is 35.5. The number of piperidine rings is 2. The number of rotatable bonds is 7. The number of carbonyl (C=O) groups is 5. The Morgan fingerprint density at radius 3 is 2.63 bits per heavy atom. The number of benzene rings is 4. The summed E-state index contributed by atoms with van der Waals surface area (Å²) in [5, 5.41) is 13.2. The highest BCUT2D eigenvalue weighted by Crippen LogP contribution is 2.58. The van der Waals surface area contributed by atoms with E-state index in [2.05, 4.69) is 53.9 Å². The molecule has 0 bridgehead atoms. The zero-order valence-electron chi connectivity index (χ0n) is 38.4. The van der Waals surface area contributed by atoms with Gasteiger partial charge in [-0.05, 0) is 109 Å². The summed E-state index contributed by atoms with van der Waals surface area (Å²) in [6.07, 6.45) is 3.83. The van der Waals surface area contributed by atoms with E-state index in [1.54, 1.807) is 36.4 Å². The molecule has 0 aromatic heterocycles. The Labute approximate surface area is 405 Å². The van der Waals surface area contributed by atoms with Crippen molar-refractivity contribution in [3.05, 3.63) is 122 Å². The van der Waals surface area contributed by atoms with E-state index in [1.807, 2.05) is 35.2 Å². The molecule has 5 heterocycles. The monoisotopic (exact) mass is 958 g/mol. The maximum atomic E-state index is 16.3. The molecule has 4 fully saturated rings. The number of anilines is 2. The van der Waals surface area contributed by atoms with Crippen molar-refractivity contribution in [2.75, 3.05) is 37.4 Å². The van der Waals surface area contributed by atoms with Gasteiger partial charge in [-0.25, -0.2) is 4.39 Å². The molecule has 7 atom stereocenters. The van der Waals surface area contributed by atoms with E-state index in [9.17, 15) is 24.0 Å². The van der Waals surface area contributed by atoms with E-state index in [0.717, 1.165) is 41.6 Å². The number of hydrogen-bond donors (Lipinski definition) is 4. The molecule has 5 aliphatic heterocycles. The quantitative estimate of drug-likeness (QED) is 0.108. The van der Waals surface area contributed by atoms with Gasteiger partial charge in [0.05, 0.1) is 23.9 Å². The van der Waals surface area contributed by atoms with Crippen LogP contribution >= 0.6 is 23.2 Å². The summed E-state index contributed by atoms with van der Waals surface area (Å²) in [6, 6.07) is 19.3. The Morgan fingerprint density at radius 2 is 1.85 bits per heavy atom. The number of nitrogens with one attached hydrogen (secondary N) is 4. The van der Waals surface area contributed by atoms with Crippen LogP contribution in [-0.4, -0.2) is 84.2 Å². The van der Waals surface area contributed by atoms with Crippen LogP contribution in [0, 0.1) is 34.4 Å². The van der Waals surface area contributed by atoms with Gasteiger partial charge in [0, 0.05) is 88.7 Å². The fraction of sp³-hybridized carbons (Fsp3) is 0.415. The topological polar surface area (TPSA) is 149 Å². The van der Waals surface area contributed by atoms with Crippen molar-refractivity contribution in [3.8, 4) is 17.6 Å². The molecular formula is C53H53Cl2FN6O6. The minimum Gasteiger partial charge on any atom is -0.495 e. The van der Waals surface area contributed by atoms with Crippen molar-refractivity contribution in [2.24, 2.45) is 16.7 Å². The number of hydrogen-bond acceptors (Lipinski definition) is 8. The lowest BCUT2D eigenvalue weighted by Crippen LogP contribution is -2.52. The number of imide groups is 1. The molecular weight excluding hydrogens is 907 g/mol. The number of likely N-dealkylation sites (tertiary alicyclic amines) is 1. The summed E-state index contributed by atoms with van der Waals surface area (Å²) < 4.78 is 22.2. The average Bonchev–Trinajstić information content (AvgIpc) is 3.51. The van der Waals surface area contributed by atoms with Crippen LogP contribution in [0.1, 0.15) is 108 Å². The standard InChI is InChI=1S/C53H53Cl2FN6O6/c1-51(2,3)25-42-53(27-57-39-23-33(54)13-15-36(39)53)44(35-7-5-8-37(55)45(35)56)46(59-42)48(65)58-38-16-11-30(22-41(38)68-4)49(66)61-20-6-19-52(28-61)24-32(52)12-9-29-10-14-34-31(21-29)26-62(50(34)67)40-17-18-43(63)60-47(40)64/h5,7-8,10-11,13-16,21-23,32,40,42,44,46,57,59H,6,17-20,24-28H2,1-4H3,(H,58,65)(H,60,63,64)/t32-,40?,42+,44+,46-,52+,53+/m1/s1. The zero-order valence-corrected chi connectivity index (χ0v) is 39.9. The molecule has 1 unspecified atom stereocenters. The molecule has 5 amide bonds. The first-order valence-electron chi connectivity index (χ1n) is 23.3. The Morgan fingerprint density at radius 1 is 1.03 bits per heavy atom. The second-order valence-corrected chi connectivity index (χ2v) is 21.4. The predicted octanol–water partition coefficient (Wildman–Crippen LogP) is 8.06. The second kappa shape index (κ2) is 17.2. The molecule has 0 radical (unpaired) electrons. The molecule has 6 aliphatic rings. The van der Waals surface area contributed by atoms with Gasteiger partial charge in [-0.3, -0.25) is 29.3 Å². The summed E-state index contributed by atoms with van der Waals surface area (Å²) in [5.74, 6) is 4.42. The Hall–Kier alpha value is -5.94. The van der Waals surface area contributed by atoms with Gasteiger partial charge in [0.1, 0.15) is 17.6 Å². The third-order valence-corrected chi connectivity index (χ3v) is 15.6. The molecule has 2 spiro atoms. The van der Waals surface area contributed by atoms with Gasteiger partial charge in [0.2, 0.25) is 17.7 Å². The second-order valence-electron chi connectivity index (χ2n) is 20.6. The number of carbonyl (C=O) groups excluding carboxylic acids is 5. The molecule has 352 valence electrons. The predicted molar refractivity (Wildman–Crippen MR) is 257 cm³/mol. The molecule has 15 heteroatoms. The van der Waals surface area contributed by atoms with Crippen molar-refractivity contribution in [1.82, 2.24) is 20.4 Å². The van der Waals surface area contributed by atoms with E-state index in [0.29, 0.717) is 65.6 Å². The minimum absolute atomic E-state index is 0.0255. The molecule has 1 aliphatic carbocycles. The normalized spacial score (nSPS) is 27.0. The molecule has 68 heavy (non-hydrogen) atoms. The summed E-state index contributed by atoms with van der Waals surface area (Å²) in [6.45, 7) is 8.32. The number of nitrogens with zero attached hydrogens (tertiary/aromatic N) is 2. The van der Waals surface area contributed by atoms with Gasteiger partial charge in [-0.15, -0.1) is 0 Å². The molecule has 4 aromatic carbocycles. The van der Waals surface area contributed by atoms with Crippen molar-refractivity contribution in [1.29, 1.82) is 0 Å². The van der Waals surface area contributed by atoms with Crippen molar-refractivity contribution in [2.45, 2.75) is 95.3 Å². The molecule has 1 saturated carbocycles. The fourth-order valence-electron chi connectivity index (χ4n) is 11.7. The first-order chi connectivity index (χ1) is 32.5. The Kier molecular flexibility index (Phi) is 11.6. The van der Waals surface area contributed by atoms with Crippen LogP contribution in [0.15, 0.2) is 72.8 Å². The van der Waals surface area contributed by atoms with Crippen LogP contribution in [0.4, 0.5) is 15.8 Å². The van der Waals surface area contributed by atoms with Gasteiger partial charge >= 0.3 is 0 Å². The molecule has 10 rings (SSSR count). The first kappa shape index (κ1) is 45.8. The first-order valence-corrected chi connectivity index (χ1v) is 24.1. The highest BCUT2D eigenvalue weighted by molar-refractivity contribution is 6.31. The van der Waals surface area contributed by atoms with Crippen LogP contribution in [0.5, 0.6) is 5.75 Å². The minimum atomic E-state index is -0.897. The maximum Gasteiger partial charge on any atom is 0.255 e. The summed E-state index contributed by atoms with van der Waals surface area (Å²) in [4.78, 5) is 69.8. The van der Waals surface area contributed by atoms with E-state index < -0.39 is 35.1 Å². The van der Waals surface area contributed by atoms with Crippen LogP contribution in [0.3, 0.4) is 0 Å². The largest absolute Gasteiger partial charge is 0.495 e. The van der Waals surface area contributed by atoms with Crippen molar-refractivity contribution in [3.63, 3.8) is 0 Å². The number of amides is 5. The van der Waals surface area contributed by atoms with Crippen LogP contribution < -0.4 is 26.0 Å². The number of halogens is 3. The smallest absolute Gasteiger partial charge is 0.255 e. The van der Waals surface area contributed by atoms with Gasteiger partial charge in [0.15, 0.2) is 0 Å². The van der Waals surface area contributed by atoms with E-state index >= 15 is 4.39 Å². The Balaban J connectivity index is 0.850. The highest BCUT2D eigenvalue weighted by Gasteiger charge is 2.62.